The van der Waals surface area contributed by atoms with Crippen LogP contribution in [0.25, 0.3) is 10.8 Å². The van der Waals surface area contributed by atoms with Crippen LogP contribution in [0.4, 0.5) is 0 Å². The Balaban J connectivity index is 1.56. The number of nitrogens with one attached hydrogen (secondary N) is 3. The zero-order valence-corrected chi connectivity index (χ0v) is 18.3. The van der Waals surface area contributed by atoms with Crippen molar-refractivity contribution in [1.82, 2.24) is 25.4 Å². The summed E-state index contributed by atoms with van der Waals surface area (Å²) in [6, 6.07) is 13.4. The van der Waals surface area contributed by atoms with Crippen LogP contribution in [0.3, 0.4) is 0 Å². The lowest BCUT2D eigenvalue weighted by molar-refractivity contribution is -0.129. The molecule has 0 saturated heterocycles. The molecule has 0 radical (unpaired) electrons. The molecule has 0 saturated carbocycles. The van der Waals surface area contributed by atoms with Crippen LogP contribution in [-0.4, -0.2) is 39.2 Å². The van der Waals surface area contributed by atoms with Gasteiger partial charge in [-0.15, -0.1) is 0 Å². The monoisotopic (exact) mass is 425 g/mol. The van der Waals surface area contributed by atoms with Crippen LogP contribution in [0.15, 0.2) is 42.5 Å². The number of aromatic amines is 1. The number of rotatable bonds is 8. The van der Waals surface area contributed by atoms with Gasteiger partial charge in [0.05, 0.1) is 6.42 Å². The van der Waals surface area contributed by atoms with E-state index in [9.17, 15) is 9.59 Å². The minimum Gasteiger partial charge on any atom is -0.354 e. The molecule has 7 nitrogen and oxygen atoms in total. The fourth-order valence-corrected chi connectivity index (χ4v) is 3.46. The van der Waals surface area contributed by atoms with Gasteiger partial charge in [0.25, 0.3) is 0 Å². The summed E-state index contributed by atoms with van der Waals surface area (Å²) in [5.74, 6) is 0.357. The lowest BCUT2D eigenvalue weighted by Gasteiger charge is -2.21. The topological polar surface area (TPSA) is 91.8 Å². The summed E-state index contributed by atoms with van der Waals surface area (Å²) in [6.07, 6.45) is 0.775. The second kappa shape index (κ2) is 9.67. The van der Waals surface area contributed by atoms with E-state index >= 15 is 0 Å². The van der Waals surface area contributed by atoms with Crippen LogP contribution >= 0.6 is 12.2 Å². The third kappa shape index (κ3) is 5.33. The molecule has 2 amide bonds. The zero-order chi connectivity index (χ0) is 21.7. The van der Waals surface area contributed by atoms with Gasteiger partial charge in [0.1, 0.15) is 11.9 Å². The van der Waals surface area contributed by atoms with Gasteiger partial charge in [-0.05, 0) is 34.5 Å². The van der Waals surface area contributed by atoms with Gasteiger partial charge in [0.15, 0.2) is 4.77 Å². The average Bonchev–Trinajstić information content (AvgIpc) is 3.04. The first kappa shape index (κ1) is 21.7. The lowest BCUT2D eigenvalue weighted by atomic mass is 10.0. The second-order valence-corrected chi connectivity index (χ2v) is 8.08. The van der Waals surface area contributed by atoms with Gasteiger partial charge in [-0.2, -0.15) is 5.10 Å². The molecule has 0 spiro atoms. The standard InChI is InChI=1S/C22H27N5O2S/c1-14(2)20(21(29)23-11-10-18-25-26-22(30)27(18)3)24-19(28)13-15-8-9-16-6-4-5-7-17(16)12-15/h4-9,12,14,20H,10-11,13H2,1-3H3,(H,23,29)(H,24,28)(H,26,30). The van der Waals surface area contributed by atoms with Crippen molar-refractivity contribution < 1.29 is 9.59 Å². The van der Waals surface area contributed by atoms with Crippen molar-refractivity contribution in [3.8, 4) is 0 Å². The zero-order valence-electron chi connectivity index (χ0n) is 17.4. The second-order valence-electron chi connectivity index (χ2n) is 7.69. The molecule has 8 heteroatoms. The molecule has 0 aliphatic carbocycles. The number of nitrogens with zero attached hydrogens (tertiary/aromatic N) is 2. The van der Waals surface area contributed by atoms with E-state index in [-0.39, 0.29) is 24.2 Å². The maximum Gasteiger partial charge on any atom is 0.242 e. The Hall–Kier alpha value is -3.00. The number of fused-ring (bicyclic) bond motifs is 1. The van der Waals surface area contributed by atoms with Gasteiger partial charge in [-0.25, -0.2) is 0 Å². The molecule has 158 valence electrons. The van der Waals surface area contributed by atoms with E-state index in [1.54, 1.807) is 4.57 Å². The minimum absolute atomic E-state index is 0.0358. The van der Waals surface area contributed by atoms with Gasteiger partial charge < -0.3 is 15.2 Å². The highest BCUT2D eigenvalue weighted by Gasteiger charge is 2.24. The van der Waals surface area contributed by atoms with Crippen LogP contribution in [0, 0.1) is 10.7 Å². The summed E-state index contributed by atoms with van der Waals surface area (Å²) in [4.78, 5) is 25.2. The van der Waals surface area contributed by atoms with E-state index in [2.05, 4.69) is 20.8 Å². The smallest absolute Gasteiger partial charge is 0.242 e. The molecule has 3 aromatic rings. The van der Waals surface area contributed by atoms with Gasteiger partial charge >= 0.3 is 0 Å². The molecule has 0 bridgehead atoms. The Morgan fingerprint density at radius 3 is 2.57 bits per heavy atom. The van der Waals surface area contributed by atoms with Crippen LogP contribution in [0.5, 0.6) is 0 Å². The molecule has 2 aromatic carbocycles. The number of amides is 2. The van der Waals surface area contributed by atoms with E-state index in [0.29, 0.717) is 17.7 Å². The number of benzene rings is 2. The lowest BCUT2D eigenvalue weighted by Crippen LogP contribution is -2.50. The number of H-pyrrole nitrogens is 1. The van der Waals surface area contributed by atoms with Crippen LogP contribution in [-0.2, 0) is 29.5 Å². The largest absolute Gasteiger partial charge is 0.354 e. The highest BCUT2D eigenvalue weighted by atomic mass is 32.1. The van der Waals surface area contributed by atoms with E-state index in [4.69, 9.17) is 12.2 Å². The van der Waals surface area contributed by atoms with Gasteiger partial charge in [0.2, 0.25) is 11.8 Å². The minimum atomic E-state index is -0.597. The normalized spacial score (nSPS) is 12.1. The van der Waals surface area contributed by atoms with Crippen molar-refractivity contribution >= 4 is 34.8 Å². The molecule has 1 heterocycles. The van der Waals surface area contributed by atoms with Crippen LogP contribution in [0.1, 0.15) is 25.2 Å². The summed E-state index contributed by atoms with van der Waals surface area (Å²) in [7, 11) is 1.83. The first-order chi connectivity index (χ1) is 14.3. The predicted octanol–water partition coefficient (Wildman–Crippen LogP) is 2.67. The fraction of sp³-hybridized carbons (Fsp3) is 0.364. The Morgan fingerprint density at radius 1 is 1.17 bits per heavy atom. The molecule has 1 unspecified atom stereocenters. The Labute approximate surface area is 180 Å². The van der Waals surface area contributed by atoms with E-state index < -0.39 is 6.04 Å². The number of carbonyl (C=O) groups excluding carboxylic acids is 2. The maximum atomic E-state index is 12.6. The van der Waals surface area contributed by atoms with Crippen molar-refractivity contribution in [1.29, 1.82) is 0 Å². The summed E-state index contributed by atoms with van der Waals surface area (Å²) in [5.41, 5.74) is 0.917. The summed E-state index contributed by atoms with van der Waals surface area (Å²) in [5, 5.41) is 14.9. The molecule has 3 N–H and O–H groups in total. The Kier molecular flexibility index (Phi) is 6.99. The maximum absolute atomic E-state index is 12.6. The van der Waals surface area contributed by atoms with Gasteiger partial charge in [-0.1, -0.05) is 56.3 Å². The number of carbonyl (C=O) groups is 2. The molecule has 0 fully saturated rings. The highest BCUT2D eigenvalue weighted by molar-refractivity contribution is 7.71. The number of hydrogen-bond donors (Lipinski definition) is 3. The summed E-state index contributed by atoms with van der Waals surface area (Å²) >= 11 is 5.09. The quantitative estimate of drug-likeness (QED) is 0.484. The summed E-state index contributed by atoms with van der Waals surface area (Å²) in [6.45, 7) is 4.24. The molecular formula is C22H27N5O2S. The number of aromatic nitrogens is 3. The molecule has 1 aromatic heterocycles. The molecule has 30 heavy (non-hydrogen) atoms. The average molecular weight is 426 g/mol. The fourth-order valence-electron chi connectivity index (χ4n) is 3.30. The molecule has 1 atom stereocenters. The van der Waals surface area contributed by atoms with E-state index in [0.717, 1.165) is 22.2 Å². The van der Waals surface area contributed by atoms with Gasteiger partial charge in [0, 0.05) is 20.0 Å². The molecule has 0 aliphatic rings. The molecule has 0 aliphatic heterocycles. The SMILES string of the molecule is CC(C)C(NC(=O)Cc1ccc2ccccc2c1)C(=O)NCCc1n[nH]c(=S)n1C. The first-order valence-electron chi connectivity index (χ1n) is 10.00. The highest BCUT2D eigenvalue weighted by Crippen LogP contribution is 2.16. The Bertz CT molecular complexity index is 1100. The summed E-state index contributed by atoms with van der Waals surface area (Å²) < 4.78 is 2.31. The third-order valence-corrected chi connectivity index (χ3v) is 5.43. The number of hydrogen-bond acceptors (Lipinski definition) is 4. The first-order valence-corrected chi connectivity index (χ1v) is 10.4. The van der Waals surface area contributed by atoms with E-state index in [1.165, 1.54) is 0 Å². The van der Waals surface area contributed by atoms with Crippen molar-refractivity contribution in [2.45, 2.75) is 32.7 Å². The van der Waals surface area contributed by atoms with Crippen molar-refractivity contribution in [2.75, 3.05) is 6.54 Å². The predicted molar refractivity (Wildman–Crippen MR) is 120 cm³/mol. The van der Waals surface area contributed by atoms with Crippen LogP contribution in [0.2, 0.25) is 0 Å². The van der Waals surface area contributed by atoms with Crippen molar-refractivity contribution in [3.63, 3.8) is 0 Å². The van der Waals surface area contributed by atoms with Crippen molar-refractivity contribution in [2.24, 2.45) is 13.0 Å². The molecule has 3 rings (SSSR count). The third-order valence-electron chi connectivity index (χ3n) is 5.06. The van der Waals surface area contributed by atoms with Gasteiger partial charge in [-0.3, -0.25) is 14.7 Å². The van der Waals surface area contributed by atoms with Crippen molar-refractivity contribution in [3.05, 3.63) is 58.6 Å². The Morgan fingerprint density at radius 2 is 1.90 bits per heavy atom. The molecular weight excluding hydrogens is 398 g/mol. The van der Waals surface area contributed by atoms with Crippen LogP contribution < -0.4 is 10.6 Å². The van der Waals surface area contributed by atoms with E-state index in [1.807, 2.05) is 63.4 Å².